The van der Waals surface area contributed by atoms with E-state index in [1.54, 1.807) is 0 Å². The minimum Gasteiger partial charge on any atom is -0.380 e. The molecule has 0 fully saturated rings. The molecule has 31 heavy (non-hydrogen) atoms. The van der Waals surface area contributed by atoms with Crippen LogP contribution in [-0.2, 0) is 5.60 Å². The molecule has 1 aliphatic heterocycles. The topological polar surface area (TPSA) is 39.1 Å². The summed E-state index contributed by atoms with van der Waals surface area (Å²) in [6.07, 6.45) is 12.3. The largest absolute Gasteiger partial charge is 0.380 e. The van der Waals surface area contributed by atoms with Gasteiger partial charge in [0.25, 0.3) is 0 Å². The van der Waals surface area contributed by atoms with Crippen molar-refractivity contribution < 1.29 is 5.11 Å². The zero-order chi connectivity index (χ0) is 22.4. The van der Waals surface area contributed by atoms with Gasteiger partial charge >= 0.3 is 0 Å². The number of hydrogen-bond donors (Lipinski definition) is 1. The van der Waals surface area contributed by atoms with Gasteiger partial charge in [-0.2, -0.15) is 0 Å². The van der Waals surface area contributed by atoms with E-state index in [0.29, 0.717) is 6.42 Å². The van der Waals surface area contributed by atoms with Gasteiger partial charge in [-0.3, -0.25) is 9.89 Å². The number of aliphatic hydroxyl groups is 1. The summed E-state index contributed by atoms with van der Waals surface area (Å²) in [6, 6.07) is 9.98. The lowest BCUT2D eigenvalue weighted by atomic mass is 9.77. The van der Waals surface area contributed by atoms with Crippen molar-refractivity contribution in [1.29, 1.82) is 0 Å². The first kappa shape index (κ1) is 23.9. The number of rotatable bonds is 7. The maximum Gasteiger partial charge on any atom is 0.118 e. The molecule has 166 valence electrons. The van der Waals surface area contributed by atoms with E-state index in [-0.39, 0.29) is 6.17 Å². The van der Waals surface area contributed by atoms with Gasteiger partial charge < -0.3 is 10.0 Å². The number of hydrogen-bond acceptors (Lipinski definition) is 4. The lowest BCUT2D eigenvalue weighted by Gasteiger charge is -2.36. The Morgan fingerprint density at radius 3 is 2.58 bits per heavy atom. The molecule has 1 aromatic carbocycles. The Balaban J connectivity index is 2.10. The Bertz CT molecular complexity index is 914. The molecule has 0 bridgehead atoms. The fraction of sp³-hybridized carbons (Fsp3) is 0.423. The minimum absolute atomic E-state index is 0.0254. The van der Waals surface area contributed by atoms with Gasteiger partial charge in [0, 0.05) is 29.7 Å². The molecule has 0 amide bonds. The Hall–Kier alpha value is -1.79. The lowest BCUT2D eigenvalue weighted by Crippen LogP contribution is -2.39. The van der Waals surface area contributed by atoms with Crippen LogP contribution in [0.2, 0.25) is 0 Å². The molecule has 2 aliphatic rings. The molecule has 5 heteroatoms. The molecule has 1 aliphatic carbocycles. The summed E-state index contributed by atoms with van der Waals surface area (Å²) in [5.74, 6) is 0. The summed E-state index contributed by atoms with van der Waals surface area (Å²) in [5.41, 5.74) is 2.50. The van der Waals surface area contributed by atoms with Crippen LogP contribution in [0.25, 0.3) is 0 Å². The highest BCUT2D eigenvalue weighted by Crippen LogP contribution is 2.39. The van der Waals surface area contributed by atoms with Gasteiger partial charge in [-0.25, -0.2) is 0 Å². The van der Waals surface area contributed by atoms with Gasteiger partial charge in [0.15, 0.2) is 0 Å². The molecule has 0 spiro atoms. The van der Waals surface area contributed by atoms with E-state index in [2.05, 4.69) is 57.0 Å². The molecule has 3 rings (SSSR count). The monoisotopic (exact) mass is 483 g/mol. The van der Waals surface area contributed by atoms with Crippen LogP contribution in [0, 0.1) is 0 Å². The Kier molecular flexibility index (Phi) is 8.23. The molecule has 2 unspecified atom stereocenters. The third kappa shape index (κ3) is 5.72. The van der Waals surface area contributed by atoms with E-state index in [9.17, 15) is 5.11 Å². The molecule has 1 heterocycles. The van der Waals surface area contributed by atoms with E-state index in [4.69, 9.17) is 4.99 Å². The second kappa shape index (κ2) is 10.7. The van der Waals surface area contributed by atoms with Crippen LogP contribution in [0.4, 0.5) is 0 Å². The van der Waals surface area contributed by atoms with Crippen molar-refractivity contribution in [3.05, 3.63) is 81.9 Å². The SMILES string of the molecule is C/C=C1/C=C(Br)C=C(C(O)(CCN(C)C)c2ccccc2)/C1=N/C(C)N1CC=CCC1. The Labute approximate surface area is 195 Å². The quantitative estimate of drug-likeness (QED) is 0.552. The van der Waals surface area contributed by atoms with Gasteiger partial charge in [0.1, 0.15) is 11.8 Å². The molecule has 0 radical (unpaired) electrons. The first-order chi connectivity index (χ1) is 14.8. The van der Waals surface area contributed by atoms with Crippen LogP contribution < -0.4 is 0 Å². The van der Waals surface area contributed by atoms with E-state index in [1.807, 2.05) is 57.4 Å². The van der Waals surface area contributed by atoms with Crippen LogP contribution in [0.5, 0.6) is 0 Å². The number of aliphatic imine (C=N–C) groups is 1. The van der Waals surface area contributed by atoms with Gasteiger partial charge in [0.05, 0.1) is 5.71 Å². The van der Waals surface area contributed by atoms with Crippen molar-refractivity contribution in [2.75, 3.05) is 33.7 Å². The predicted molar refractivity (Wildman–Crippen MR) is 135 cm³/mol. The van der Waals surface area contributed by atoms with Crippen molar-refractivity contribution in [2.45, 2.75) is 38.5 Å². The maximum absolute atomic E-state index is 12.2. The number of benzene rings is 1. The van der Waals surface area contributed by atoms with Crippen molar-refractivity contribution in [3.63, 3.8) is 0 Å². The average molecular weight is 484 g/mol. The molecule has 2 atom stereocenters. The highest BCUT2D eigenvalue weighted by atomic mass is 79.9. The summed E-state index contributed by atoms with van der Waals surface area (Å²) >= 11 is 3.67. The van der Waals surface area contributed by atoms with Gasteiger partial charge in [-0.15, -0.1) is 0 Å². The third-order valence-corrected chi connectivity index (χ3v) is 6.42. The highest BCUT2D eigenvalue weighted by molar-refractivity contribution is 9.11. The van der Waals surface area contributed by atoms with Crippen LogP contribution in [-0.4, -0.2) is 60.5 Å². The van der Waals surface area contributed by atoms with Gasteiger partial charge in [0.2, 0.25) is 0 Å². The standard InChI is InChI=1S/C26H34BrN3O/c1-5-21-18-23(27)19-24(25(21)28-20(2)30-15-10-7-11-16-30)26(31,14-17-29(3)4)22-12-8-6-9-13-22/h5-10,12-13,18-20,31H,11,14-17H2,1-4H3/b21-5-,28-25+. The summed E-state index contributed by atoms with van der Waals surface area (Å²) < 4.78 is 0.947. The number of allylic oxidation sites excluding steroid dienone is 5. The second-order valence-electron chi connectivity index (χ2n) is 8.48. The number of halogens is 1. The van der Waals surface area contributed by atoms with E-state index in [1.165, 1.54) is 0 Å². The molecule has 1 N–H and O–H groups in total. The second-order valence-corrected chi connectivity index (χ2v) is 9.39. The molecule has 0 aromatic heterocycles. The zero-order valence-electron chi connectivity index (χ0n) is 19.1. The normalized spacial score (nSPS) is 23.1. The van der Waals surface area contributed by atoms with E-state index < -0.39 is 5.60 Å². The lowest BCUT2D eigenvalue weighted by molar-refractivity contribution is 0.0643. The van der Waals surface area contributed by atoms with E-state index in [0.717, 1.165) is 53.0 Å². The van der Waals surface area contributed by atoms with Crippen molar-refractivity contribution in [1.82, 2.24) is 9.80 Å². The van der Waals surface area contributed by atoms with Crippen LogP contribution in [0.1, 0.15) is 32.3 Å². The zero-order valence-corrected chi connectivity index (χ0v) is 20.6. The Morgan fingerprint density at radius 2 is 1.97 bits per heavy atom. The minimum atomic E-state index is -1.15. The van der Waals surface area contributed by atoms with Crippen LogP contribution in [0.3, 0.4) is 0 Å². The average Bonchev–Trinajstić information content (AvgIpc) is 2.79. The third-order valence-electron chi connectivity index (χ3n) is 5.97. The maximum atomic E-state index is 12.2. The summed E-state index contributed by atoms with van der Waals surface area (Å²) in [4.78, 5) is 9.66. The number of nitrogens with zero attached hydrogens (tertiary/aromatic N) is 3. The fourth-order valence-corrected chi connectivity index (χ4v) is 4.58. The van der Waals surface area contributed by atoms with Crippen LogP contribution >= 0.6 is 15.9 Å². The highest BCUT2D eigenvalue weighted by Gasteiger charge is 2.38. The molecule has 0 saturated heterocycles. The predicted octanol–water partition coefficient (Wildman–Crippen LogP) is 5.04. The fourth-order valence-electron chi connectivity index (χ4n) is 4.10. The van der Waals surface area contributed by atoms with Crippen LogP contribution in [0.15, 0.2) is 81.3 Å². The molecular weight excluding hydrogens is 450 g/mol. The molecule has 4 nitrogen and oxygen atoms in total. The molecule has 0 saturated carbocycles. The summed E-state index contributed by atoms with van der Waals surface area (Å²) in [7, 11) is 4.07. The van der Waals surface area contributed by atoms with E-state index >= 15 is 0 Å². The van der Waals surface area contributed by atoms with Crippen molar-refractivity contribution in [3.8, 4) is 0 Å². The first-order valence-electron chi connectivity index (χ1n) is 11.0. The smallest absolute Gasteiger partial charge is 0.118 e. The summed E-state index contributed by atoms with van der Waals surface area (Å²) in [6.45, 7) is 6.84. The molecule has 1 aromatic rings. The first-order valence-corrected chi connectivity index (χ1v) is 11.8. The van der Waals surface area contributed by atoms with Crippen molar-refractivity contribution in [2.24, 2.45) is 4.99 Å². The van der Waals surface area contributed by atoms with Gasteiger partial charge in [-0.1, -0.05) is 64.5 Å². The summed E-state index contributed by atoms with van der Waals surface area (Å²) in [5, 5.41) is 12.2. The van der Waals surface area contributed by atoms with Crippen molar-refractivity contribution >= 4 is 21.6 Å². The van der Waals surface area contributed by atoms with Gasteiger partial charge in [-0.05, 0) is 64.1 Å². The molecular formula is C26H34BrN3O. The Morgan fingerprint density at radius 1 is 1.23 bits per heavy atom.